The van der Waals surface area contributed by atoms with Gasteiger partial charge in [-0.15, -0.1) is 0 Å². The summed E-state index contributed by atoms with van der Waals surface area (Å²) in [6.45, 7) is 0. The molecule has 0 atom stereocenters. The zero-order chi connectivity index (χ0) is 28.6. The molecule has 2 aromatic heterocycles. The minimum atomic E-state index is 0.979. The molecule has 0 fully saturated rings. The van der Waals surface area contributed by atoms with E-state index >= 15 is 0 Å². The highest BCUT2D eigenvalue weighted by molar-refractivity contribution is 6.21. The zero-order valence-electron chi connectivity index (χ0n) is 23.6. The van der Waals surface area contributed by atoms with Crippen molar-refractivity contribution in [1.29, 1.82) is 0 Å². The lowest BCUT2D eigenvalue weighted by Crippen LogP contribution is -2.00. The molecule has 0 aliphatic heterocycles. The second kappa shape index (κ2) is 10.6. The van der Waals surface area contributed by atoms with Crippen LogP contribution in [0.2, 0.25) is 0 Å². The van der Waals surface area contributed by atoms with Gasteiger partial charge in [-0.2, -0.15) is 0 Å². The van der Waals surface area contributed by atoms with Crippen LogP contribution in [0.5, 0.6) is 0 Å². The van der Waals surface area contributed by atoms with Crippen LogP contribution in [0.3, 0.4) is 0 Å². The lowest BCUT2D eigenvalue weighted by Gasteiger charge is -2.20. The van der Waals surface area contributed by atoms with Crippen molar-refractivity contribution < 1.29 is 0 Å². The molecule has 0 radical (unpaired) electrons. The third-order valence-electron chi connectivity index (χ3n) is 8.27. The molecule has 202 valence electrons. The van der Waals surface area contributed by atoms with Crippen molar-refractivity contribution in [1.82, 2.24) is 9.55 Å². The average molecular weight is 549 g/mol. The Hall–Kier alpha value is -5.73. The zero-order valence-corrected chi connectivity index (χ0v) is 23.6. The summed E-state index contributed by atoms with van der Waals surface area (Å²) >= 11 is 0. The van der Waals surface area contributed by atoms with Crippen molar-refractivity contribution in [2.24, 2.45) is 0 Å². The molecule has 0 spiro atoms. The number of nitrogens with zero attached hydrogens (tertiary/aromatic N) is 2. The van der Waals surface area contributed by atoms with Gasteiger partial charge in [0, 0.05) is 17.4 Å². The van der Waals surface area contributed by atoms with Gasteiger partial charge in [-0.1, -0.05) is 127 Å². The van der Waals surface area contributed by atoms with Crippen LogP contribution >= 0.6 is 0 Å². The fourth-order valence-electron chi connectivity index (χ4n) is 6.39. The first-order valence-corrected chi connectivity index (χ1v) is 14.6. The van der Waals surface area contributed by atoms with Crippen LogP contribution in [-0.2, 0) is 0 Å². The minimum Gasteiger partial charge on any atom is -0.309 e. The first-order valence-electron chi connectivity index (χ1n) is 14.6. The quantitative estimate of drug-likeness (QED) is 0.196. The number of hydrogen-bond donors (Lipinski definition) is 0. The van der Waals surface area contributed by atoms with Crippen molar-refractivity contribution in [2.75, 3.05) is 0 Å². The highest BCUT2D eigenvalue weighted by atomic mass is 15.0. The maximum atomic E-state index is 4.83. The average Bonchev–Trinajstić information content (AvgIpc) is 3.54. The van der Waals surface area contributed by atoms with Crippen LogP contribution in [0.25, 0.3) is 72.1 Å². The first kappa shape index (κ1) is 25.0. The number of hydrogen-bond acceptors (Lipinski definition) is 1. The van der Waals surface area contributed by atoms with Crippen molar-refractivity contribution >= 4 is 21.5 Å². The van der Waals surface area contributed by atoms with Crippen LogP contribution in [0.15, 0.2) is 170 Å². The molecule has 2 nitrogen and oxygen atoms in total. The summed E-state index contributed by atoms with van der Waals surface area (Å²) in [5, 5.41) is 4.82. The Bertz CT molecular complexity index is 2140. The van der Waals surface area contributed by atoms with Gasteiger partial charge < -0.3 is 4.57 Å². The number of benzene rings is 6. The van der Waals surface area contributed by atoms with Crippen LogP contribution in [0, 0.1) is 0 Å². The Morgan fingerprint density at radius 2 is 0.884 bits per heavy atom. The standard InChI is InChI=1S/C41H28N2/c1-4-14-29(15-5-1)38-25-26-39(30-16-6-2-7-17-30)43(38)32-23-24-35-36(28-32)40(31-18-8-3-9-19-31)33-20-10-11-21-34(33)41(35)37-22-12-13-27-42-37/h1-28H. The summed E-state index contributed by atoms with van der Waals surface area (Å²) in [6.07, 6.45) is 1.88. The molecule has 0 unspecified atom stereocenters. The molecule has 0 aliphatic rings. The van der Waals surface area contributed by atoms with E-state index in [9.17, 15) is 0 Å². The Morgan fingerprint density at radius 1 is 0.372 bits per heavy atom. The fourth-order valence-corrected chi connectivity index (χ4v) is 6.39. The topological polar surface area (TPSA) is 17.8 Å². The molecular formula is C41H28N2. The summed E-state index contributed by atoms with van der Waals surface area (Å²) in [5.41, 5.74) is 10.4. The van der Waals surface area contributed by atoms with Gasteiger partial charge >= 0.3 is 0 Å². The maximum absolute atomic E-state index is 4.83. The highest BCUT2D eigenvalue weighted by Crippen LogP contribution is 2.44. The number of fused-ring (bicyclic) bond motifs is 2. The van der Waals surface area contributed by atoms with E-state index in [1.54, 1.807) is 0 Å². The van der Waals surface area contributed by atoms with Crippen molar-refractivity contribution in [3.8, 4) is 50.6 Å². The van der Waals surface area contributed by atoms with Gasteiger partial charge in [0.25, 0.3) is 0 Å². The molecule has 0 amide bonds. The molecule has 0 saturated carbocycles. The lowest BCUT2D eigenvalue weighted by molar-refractivity contribution is 1.10. The van der Waals surface area contributed by atoms with E-state index in [2.05, 4.69) is 162 Å². The highest BCUT2D eigenvalue weighted by Gasteiger charge is 2.20. The normalized spacial score (nSPS) is 11.3. The molecule has 0 bridgehead atoms. The van der Waals surface area contributed by atoms with E-state index in [1.165, 1.54) is 43.8 Å². The molecule has 2 heteroatoms. The molecule has 8 rings (SSSR count). The maximum Gasteiger partial charge on any atom is 0.0714 e. The van der Waals surface area contributed by atoms with Crippen molar-refractivity contribution in [2.45, 2.75) is 0 Å². The van der Waals surface area contributed by atoms with Gasteiger partial charge in [0.1, 0.15) is 0 Å². The van der Waals surface area contributed by atoms with E-state index in [-0.39, 0.29) is 0 Å². The molecule has 0 aliphatic carbocycles. The van der Waals surface area contributed by atoms with Gasteiger partial charge in [0.05, 0.1) is 17.1 Å². The van der Waals surface area contributed by atoms with Gasteiger partial charge in [0.15, 0.2) is 0 Å². The third-order valence-corrected chi connectivity index (χ3v) is 8.27. The van der Waals surface area contributed by atoms with E-state index in [0.717, 1.165) is 28.3 Å². The second-order valence-electron chi connectivity index (χ2n) is 10.8. The summed E-state index contributed by atoms with van der Waals surface area (Å²) in [5.74, 6) is 0. The number of rotatable bonds is 5. The van der Waals surface area contributed by atoms with Crippen molar-refractivity contribution in [3.63, 3.8) is 0 Å². The summed E-state index contributed by atoms with van der Waals surface area (Å²) in [4.78, 5) is 4.83. The smallest absolute Gasteiger partial charge is 0.0714 e. The van der Waals surface area contributed by atoms with Crippen LogP contribution in [0.1, 0.15) is 0 Å². The Labute approximate surface area is 251 Å². The van der Waals surface area contributed by atoms with E-state index < -0.39 is 0 Å². The monoisotopic (exact) mass is 548 g/mol. The van der Waals surface area contributed by atoms with Gasteiger partial charge in [0.2, 0.25) is 0 Å². The predicted octanol–water partition coefficient (Wildman–Crippen LogP) is 10.8. The van der Waals surface area contributed by atoms with Crippen LogP contribution < -0.4 is 0 Å². The van der Waals surface area contributed by atoms with Gasteiger partial charge in [-0.25, -0.2) is 0 Å². The fraction of sp³-hybridized carbons (Fsp3) is 0. The van der Waals surface area contributed by atoms with E-state index in [0.29, 0.717) is 0 Å². The third kappa shape index (κ3) is 4.32. The molecule has 0 saturated heterocycles. The molecule has 8 aromatic rings. The van der Waals surface area contributed by atoms with Crippen molar-refractivity contribution in [3.05, 3.63) is 170 Å². The van der Waals surface area contributed by atoms with Crippen LogP contribution in [-0.4, -0.2) is 9.55 Å². The molecule has 43 heavy (non-hydrogen) atoms. The molecule has 2 heterocycles. The Kier molecular flexibility index (Phi) is 6.16. The predicted molar refractivity (Wildman–Crippen MR) is 180 cm³/mol. The number of aromatic nitrogens is 2. The first-order chi connectivity index (χ1) is 21.4. The van der Waals surface area contributed by atoms with E-state index in [4.69, 9.17) is 4.98 Å². The lowest BCUT2D eigenvalue weighted by atomic mass is 9.87. The molecule has 0 N–H and O–H groups in total. The van der Waals surface area contributed by atoms with Gasteiger partial charge in [-0.3, -0.25) is 4.98 Å². The Balaban J connectivity index is 1.50. The summed E-state index contributed by atoms with van der Waals surface area (Å²) in [7, 11) is 0. The second-order valence-corrected chi connectivity index (χ2v) is 10.8. The molecular weight excluding hydrogens is 520 g/mol. The Morgan fingerprint density at radius 3 is 1.47 bits per heavy atom. The van der Waals surface area contributed by atoms with Gasteiger partial charge in [-0.05, 0) is 80.2 Å². The summed E-state index contributed by atoms with van der Waals surface area (Å²) in [6, 6.07) is 58.4. The minimum absolute atomic E-state index is 0.979. The summed E-state index contributed by atoms with van der Waals surface area (Å²) < 4.78 is 2.40. The van der Waals surface area contributed by atoms with Crippen LogP contribution in [0.4, 0.5) is 0 Å². The largest absolute Gasteiger partial charge is 0.309 e. The number of pyridine rings is 1. The van der Waals surface area contributed by atoms with E-state index in [1.807, 2.05) is 12.3 Å². The molecule has 6 aromatic carbocycles. The SMILES string of the molecule is c1ccc(-c2c3ccccc3c(-c3ccccn3)c3ccc(-n4c(-c5ccccc5)ccc4-c4ccccc4)cc23)cc1.